The Morgan fingerprint density at radius 2 is 1.48 bits per heavy atom. The van der Waals surface area contributed by atoms with E-state index in [1.54, 1.807) is 12.6 Å². The van der Waals surface area contributed by atoms with Gasteiger partial charge in [-0.1, -0.05) is 39.0 Å². The topological polar surface area (TPSA) is 54.0 Å². The summed E-state index contributed by atoms with van der Waals surface area (Å²) in [6.07, 6.45) is 6.98. The van der Waals surface area contributed by atoms with Crippen molar-refractivity contribution in [3.05, 3.63) is 11.3 Å². The second-order valence-corrected chi connectivity index (χ2v) is 7.67. The summed E-state index contributed by atoms with van der Waals surface area (Å²) in [5.74, 6) is -0.341. The number of hydrogen-bond donors (Lipinski definition) is 0. The maximum atomic E-state index is 11.9. The van der Waals surface area contributed by atoms with Gasteiger partial charge in [0.1, 0.15) is 0 Å². The van der Waals surface area contributed by atoms with Gasteiger partial charge in [-0.2, -0.15) is 0 Å². The van der Waals surface area contributed by atoms with Crippen molar-refractivity contribution < 1.29 is 22.8 Å². The highest BCUT2D eigenvalue weighted by Crippen LogP contribution is 2.12. The van der Waals surface area contributed by atoms with Crippen LogP contribution < -0.4 is 0 Å². The molecule has 0 heterocycles. The van der Waals surface area contributed by atoms with Gasteiger partial charge in [-0.25, -0.2) is 4.79 Å². The van der Waals surface area contributed by atoms with E-state index in [-0.39, 0.29) is 5.97 Å². The van der Waals surface area contributed by atoms with Gasteiger partial charge in [0.25, 0.3) is 0 Å². The molecular formula is C15H30O5Si. The first-order valence-corrected chi connectivity index (χ1v) is 9.37. The van der Waals surface area contributed by atoms with Crippen LogP contribution in [0.3, 0.4) is 0 Å². The van der Waals surface area contributed by atoms with E-state index in [0.717, 1.165) is 12.8 Å². The Hall–Kier alpha value is -0.693. The first kappa shape index (κ1) is 20.3. The lowest BCUT2D eigenvalue weighted by Gasteiger charge is -2.21. The van der Waals surface area contributed by atoms with Crippen LogP contribution in [0.4, 0.5) is 0 Å². The minimum Gasteiger partial charge on any atom is -0.462 e. The lowest BCUT2D eigenvalue weighted by molar-refractivity contribution is -0.139. The van der Waals surface area contributed by atoms with Gasteiger partial charge in [0.2, 0.25) is 0 Å². The second kappa shape index (κ2) is 11.9. The van der Waals surface area contributed by atoms with Crippen molar-refractivity contribution in [1.29, 1.82) is 0 Å². The fourth-order valence-corrected chi connectivity index (χ4v) is 3.41. The summed E-state index contributed by atoms with van der Waals surface area (Å²) in [7, 11) is 1.64. The zero-order valence-electron chi connectivity index (χ0n) is 14.1. The second-order valence-electron chi connectivity index (χ2n) is 4.95. The van der Waals surface area contributed by atoms with Crippen LogP contribution in [0.15, 0.2) is 11.3 Å². The van der Waals surface area contributed by atoms with E-state index in [1.165, 1.54) is 47.0 Å². The van der Waals surface area contributed by atoms with E-state index < -0.39 is 8.80 Å². The molecule has 0 aliphatic carbocycles. The molecule has 0 spiro atoms. The van der Waals surface area contributed by atoms with Gasteiger partial charge in [0.05, 0.1) is 6.61 Å². The molecule has 0 saturated heterocycles. The molecule has 0 unspecified atom stereocenters. The van der Waals surface area contributed by atoms with Crippen LogP contribution in [0.5, 0.6) is 0 Å². The minimum absolute atomic E-state index is 0.341. The SMILES string of the molecule is CCCCCCCCOC(=O)C(C)=C[Si](OC)(OC)OC. The Balaban J connectivity index is 4.10. The highest BCUT2D eigenvalue weighted by Gasteiger charge is 2.36. The van der Waals surface area contributed by atoms with E-state index in [0.29, 0.717) is 12.2 Å². The van der Waals surface area contributed by atoms with E-state index in [1.807, 2.05) is 0 Å². The van der Waals surface area contributed by atoms with E-state index in [4.69, 9.17) is 18.0 Å². The van der Waals surface area contributed by atoms with Gasteiger partial charge in [0, 0.05) is 26.9 Å². The molecule has 0 aliphatic rings. The maximum Gasteiger partial charge on any atom is 0.529 e. The number of rotatable bonds is 12. The standard InChI is InChI=1S/C15H30O5Si/c1-6-7-8-9-10-11-12-20-15(16)14(2)13-21(17-3,18-4)19-5/h13H,6-12H2,1-5H3. The molecule has 0 N–H and O–H groups in total. The van der Waals surface area contributed by atoms with Gasteiger partial charge in [-0.3, -0.25) is 0 Å². The molecule has 0 bridgehead atoms. The molecule has 0 aromatic heterocycles. The summed E-state index contributed by atoms with van der Waals surface area (Å²) in [5, 5.41) is 0. The smallest absolute Gasteiger partial charge is 0.462 e. The molecule has 124 valence electrons. The van der Waals surface area contributed by atoms with E-state index in [2.05, 4.69) is 6.92 Å². The first-order valence-electron chi connectivity index (χ1n) is 7.57. The van der Waals surface area contributed by atoms with Gasteiger partial charge in [-0.05, 0) is 19.0 Å². The van der Waals surface area contributed by atoms with Crippen LogP contribution >= 0.6 is 0 Å². The van der Waals surface area contributed by atoms with Gasteiger partial charge < -0.3 is 18.0 Å². The Kier molecular flexibility index (Phi) is 11.5. The van der Waals surface area contributed by atoms with Crippen LogP contribution in [0.25, 0.3) is 0 Å². The summed E-state index contributed by atoms with van der Waals surface area (Å²) in [4.78, 5) is 11.9. The normalized spacial score (nSPS) is 12.5. The van der Waals surface area contributed by atoms with Crippen LogP contribution in [0.1, 0.15) is 52.4 Å². The van der Waals surface area contributed by atoms with Gasteiger partial charge in [-0.15, -0.1) is 0 Å². The average molecular weight is 318 g/mol. The predicted octanol–water partition coefficient (Wildman–Crippen LogP) is 3.25. The Labute approximate surface area is 130 Å². The van der Waals surface area contributed by atoms with Crippen molar-refractivity contribution in [2.45, 2.75) is 52.4 Å². The quantitative estimate of drug-likeness (QED) is 0.239. The number of esters is 1. The Bertz CT molecular complexity index is 305. The molecule has 0 fully saturated rings. The van der Waals surface area contributed by atoms with Crippen molar-refractivity contribution in [3.63, 3.8) is 0 Å². The van der Waals surface area contributed by atoms with Crippen molar-refractivity contribution >= 4 is 14.8 Å². The molecule has 0 radical (unpaired) electrons. The summed E-state index contributed by atoms with van der Waals surface area (Å²) in [6.45, 7) is 4.33. The van der Waals surface area contributed by atoms with E-state index in [9.17, 15) is 4.79 Å². The maximum absolute atomic E-state index is 11.9. The van der Waals surface area contributed by atoms with Gasteiger partial charge >= 0.3 is 14.8 Å². The fourth-order valence-electron chi connectivity index (χ4n) is 1.91. The van der Waals surface area contributed by atoms with Crippen LogP contribution in [-0.2, 0) is 22.8 Å². The number of ether oxygens (including phenoxy) is 1. The highest BCUT2D eigenvalue weighted by atomic mass is 28.4. The molecule has 6 heteroatoms. The summed E-state index contributed by atoms with van der Waals surface area (Å²) in [5.41, 5.74) is 2.06. The van der Waals surface area contributed by atoms with Crippen molar-refractivity contribution in [2.24, 2.45) is 0 Å². The minimum atomic E-state index is -2.88. The summed E-state index contributed by atoms with van der Waals surface area (Å²) in [6, 6.07) is 0. The van der Waals surface area contributed by atoms with Crippen molar-refractivity contribution in [3.8, 4) is 0 Å². The number of carbonyl (C=O) groups excluding carboxylic acids is 1. The van der Waals surface area contributed by atoms with E-state index >= 15 is 0 Å². The molecule has 0 saturated carbocycles. The lowest BCUT2D eigenvalue weighted by Crippen LogP contribution is -2.41. The summed E-state index contributed by atoms with van der Waals surface area (Å²) >= 11 is 0. The third-order valence-corrected chi connectivity index (χ3v) is 5.79. The molecule has 0 amide bonds. The zero-order valence-corrected chi connectivity index (χ0v) is 15.1. The Morgan fingerprint density at radius 3 is 2.00 bits per heavy atom. The van der Waals surface area contributed by atoms with Crippen molar-refractivity contribution in [2.75, 3.05) is 27.9 Å². The van der Waals surface area contributed by atoms with Crippen molar-refractivity contribution in [1.82, 2.24) is 0 Å². The monoisotopic (exact) mass is 318 g/mol. The third-order valence-electron chi connectivity index (χ3n) is 3.30. The molecule has 0 atom stereocenters. The molecular weight excluding hydrogens is 288 g/mol. The van der Waals surface area contributed by atoms with Crippen LogP contribution in [0.2, 0.25) is 0 Å². The molecule has 5 nitrogen and oxygen atoms in total. The zero-order chi connectivity index (χ0) is 16.1. The van der Waals surface area contributed by atoms with Crippen LogP contribution in [0, 0.1) is 0 Å². The molecule has 0 aromatic rings. The molecule has 21 heavy (non-hydrogen) atoms. The fraction of sp³-hybridized carbons (Fsp3) is 0.800. The first-order chi connectivity index (χ1) is 10.0. The molecule has 0 rings (SSSR count). The summed E-state index contributed by atoms with van der Waals surface area (Å²) < 4.78 is 21.0. The molecule has 0 aliphatic heterocycles. The number of carbonyl (C=O) groups is 1. The number of unbranched alkanes of at least 4 members (excludes halogenated alkanes) is 5. The average Bonchev–Trinajstić information content (AvgIpc) is 2.51. The predicted molar refractivity (Wildman–Crippen MR) is 84.9 cm³/mol. The lowest BCUT2D eigenvalue weighted by atomic mass is 10.1. The third kappa shape index (κ3) is 8.36. The Morgan fingerprint density at radius 1 is 0.952 bits per heavy atom. The van der Waals surface area contributed by atoms with Gasteiger partial charge in [0.15, 0.2) is 0 Å². The van der Waals surface area contributed by atoms with Crippen LogP contribution in [-0.4, -0.2) is 42.7 Å². The number of hydrogen-bond acceptors (Lipinski definition) is 5. The largest absolute Gasteiger partial charge is 0.529 e. The molecule has 0 aromatic carbocycles. The highest BCUT2D eigenvalue weighted by molar-refractivity contribution is 6.66.